The van der Waals surface area contributed by atoms with Gasteiger partial charge in [-0.15, -0.1) is 0 Å². The van der Waals surface area contributed by atoms with E-state index in [1.807, 2.05) is 75.4 Å². The Labute approximate surface area is 220 Å². The van der Waals surface area contributed by atoms with Gasteiger partial charge in [-0.05, 0) is 42.3 Å². The molecule has 0 fully saturated rings. The largest absolute Gasteiger partial charge is 0.354 e. The second-order valence-corrected chi connectivity index (χ2v) is 11.2. The topological polar surface area (TPSA) is 86.8 Å². The molecule has 0 bridgehead atoms. The number of hydrogen-bond donors (Lipinski definition) is 1. The van der Waals surface area contributed by atoms with E-state index in [1.165, 1.54) is 4.90 Å². The molecule has 8 heteroatoms. The summed E-state index contributed by atoms with van der Waals surface area (Å²) in [6, 6.07) is 19.8. The van der Waals surface area contributed by atoms with Gasteiger partial charge in [0.15, 0.2) is 0 Å². The molecule has 0 aliphatic heterocycles. The van der Waals surface area contributed by atoms with Crippen LogP contribution in [0.25, 0.3) is 10.8 Å². The Bertz CT molecular complexity index is 1330. The van der Waals surface area contributed by atoms with Crippen molar-refractivity contribution in [2.24, 2.45) is 0 Å². The predicted molar refractivity (Wildman–Crippen MR) is 150 cm³/mol. The zero-order valence-electron chi connectivity index (χ0n) is 22.1. The minimum absolute atomic E-state index is 0.207. The molecule has 3 rings (SSSR count). The summed E-state index contributed by atoms with van der Waals surface area (Å²) in [6.45, 7) is 6.20. The number of sulfonamides is 1. The lowest BCUT2D eigenvalue weighted by Gasteiger charge is -2.33. The van der Waals surface area contributed by atoms with Gasteiger partial charge < -0.3 is 10.2 Å². The van der Waals surface area contributed by atoms with Gasteiger partial charge in [-0.25, -0.2) is 8.42 Å². The number of anilines is 1. The number of aryl methyl sites for hydroxylation is 1. The molecule has 0 aliphatic carbocycles. The molecular weight excluding hydrogens is 486 g/mol. The lowest BCUT2D eigenvalue weighted by atomic mass is 10.1. The Morgan fingerprint density at radius 1 is 0.946 bits per heavy atom. The van der Waals surface area contributed by atoms with Gasteiger partial charge in [0.1, 0.15) is 12.6 Å². The van der Waals surface area contributed by atoms with Crippen LogP contribution >= 0.6 is 0 Å². The van der Waals surface area contributed by atoms with Crippen LogP contribution < -0.4 is 9.62 Å². The zero-order valence-corrected chi connectivity index (χ0v) is 22.9. The number of benzene rings is 3. The van der Waals surface area contributed by atoms with Crippen molar-refractivity contribution in [3.63, 3.8) is 0 Å². The van der Waals surface area contributed by atoms with E-state index in [0.717, 1.165) is 45.3 Å². The number of carbonyl (C=O) groups is 2. The van der Waals surface area contributed by atoms with Crippen LogP contribution in [0.2, 0.25) is 0 Å². The maximum absolute atomic E-state index is 13.9. The van der Waals surface area contributed by atoms with E-state index < -0.39 is 28.5 Å². The van der Waals surface area contributed by atoms with Gasteiger partial charge in [-0.3, -0.25) is 13.9 Å². The van der Waals surface area contributed by atoms with E-state index in [2.05, 4.69) is 5.32 Å². The van der Waals surface area contributed by atoms with Gasteiger partial charge in [-0.2, -0.15) is 0 Å². The molecule has 0 spiro atoms. The maximum atomic E-state index is 13.9. The van der Waals surface area contributed by atoms with Crippen molar-refractivity contribution in [3.8, 4) is 0 Å². The minimum atomic E-state index is -3.80. The van der Waals surface area contributed by atoms with Gasteiger partial charge in [0.2, 0.25) is 21.8 Å². The molecule has 1 N–H and O–H groups in total. The number of amides is 2. The van der Waals surface area contributed by atoms with Crippen LogP contribution in [-0.4, -0.2) is 50.5 Å². The smallest absolute Gasteiger partial charge is 0.244 e. The number of carbonyl (C=O) groups excluding carboxylic acids is 2. The van der Waals surface area contributed by atoms with Crippen LogP contribution in [0.15, 0.2) is 66.7 Å². The van der Waals surface area contributed by atoms with Crippen LogP contribution in [0.1, 0.15) is 44.2 Å². The summed E-state index contributed by atoms with van der Waals surface area (Å²) < 4.78 is 27.1. The second kappa shape index (κ2) is 12.7. The van der Waals surface area contributed by atoms with Crippen molar-refractivity contribution in [2.75, 3.05) is 23.7 Å². The number of fused-ring (bicyclic) bond motifs is 1. The van der Waals surface area contributed by atoms with Gasteiger partial charge >= 0.3 is 0 Å². The summed E-state index contributed by atoms with van der Waals surface area (Å²) in [5.74, 6) is -0.659. The first kappa shape index (κ1) is 28.2. The van der Waals surface area contributed by atoms with Gasteiger partial charge in [0, 0.05) is 18.5 Å². The molecule has 3 aromatic rings. The summed E-state index contributed by atoms with van der Waals surface area (Å²) in [5.41, 5.74) is 2.34. The molecule has 198 valence electrons. The number of hydrogen-bond acceptors (Lipinski definition) is 4. The molecular formula is C29H37N3O4S. The Hall–Kier alpha value is -3.39. The van der Waals surface area contributed by atoms with Crippen molar-refractivity contribution in [3.05, 3.63) is 77.9 Å². The summed E-state index contributed by atoms with van der Waals surface area (Å²) >= 11 is 0. The summed E-state index contributed by atoms with van der Waals surface area (Å²) in [5, 5.41) is 4.55. The van der Waals surface area contributed by atoms with Crippen LogP contribution in [-0.2, 0) is 26.2 Å². The van der Waals surface area contributed by atoms with E-state index in [1.54, 1.807) is 12.1 Å². The van der Waals surface area contributed by atoms with Crippen molar-refractivity contribution in [2.45, 2.75) is 52.6 Å². The Morgan fingerprint density at radius 3 is 2.30 bits per heavy atom. The highest BCUT2D eigenvalue weighted by Crippen LogP contribution is 2.29. The first-order valence-corrected chi connectivity index (χ1v) is 14.6. The number of nitrogens with one attached hydrogen (secondary N) is 1. The molecule has 0 aromatic heterocycles. The second-order valence-electron chi connectivity index (χ2n) is 9.28. The molecule has 2 amide bonds. The highest BCUT2D eigenvalue weighted by molar-refractivity contribution is 7.92. The van der Waals surface area contributed by atoms with Crippen molar-refractivity contribution < 1.29 is 18.0 Å². The van der Waals surface area contributed by atoms with Gasteiger partial charge in [-0.1, -0.05) is 80.9 Å². The predicted octanol–water partition coefficient (Wildman–Crippen LogP) is 4.64. The quantitative estimate of drug-likeness (QED) is 0.351. The summed E-state index contributed by atoms with van der Waals surface area (Å²) in [4.78, 5) is 28.6. The van der Waals surface area contributed by atoms with Crippen LogP contribution in [0.4, 0.5) is 5.69 Å². The van der Waals surface area contributed by atoms with Crippen molar-refractivity contribution >= 4 is 38.3 Å². The number of rotatable bonds is 12. The third kappa shape index (κ3) is 7.10. The van der Waals surface area contributed by atoms with Crippen molar-refractivity contribution in [1.29, 1.82) is 0 Å². The Kier molecular flexibility index (Phi) is 9.69. The highest BCUT2D eigenvalue weighted by atomic mass is 32.2. The molecule has 0 aliphatic rings. The average Bonchev–Trinajstić information content (AvgIpc) is 2.87. The fourth-order valence-electron chi connectivity index (χ4n) is 4.42. The van der Waals surface area contributed by atoms with Crippen LogP contribution in [0, 0.1) is 6.92 Å². The molecule has 1 unspecified atom stereocenters. The monoisotopic (exact) mass is 523 g/mol. The molecule has 37 heavy (non-hydrogen) atoms. The summed E-state index contributed by atoms with van der Waals surface area (Å²) in [6.07, 6.45) is 3.29. The Morgan fingerprint density at radius 2 is 1.62 bits per heavy atom. The standard InChI is InChI=1S/C29H37N3O4S/c1-5-7-19-30-29(34)26(6-2)31(20-24-15-9-8-13-22(24)3)28(33)21-32(37(4,35)36)27-18-12-16-23-14-10-11-17-25(23)27/h8-18,26H,5-7,19-21H2,1-4H3,(H,30,34). The van der Waals surface area contributed by atoms with Crippen LogP contribution in [0.3, 0.4) is 0 Å². The van der Waals surface area contributed by atoms with Crippen LogP contribution in [0.5, 0.6) is 0 Å². The third-order valence-corrected chi connectivity index (χ3v) is 7.66. The SMILES string of the molecule is CCCCNC(=O)C(CC)N(Cc1ccccc1C)C(=O)CN(c1cccc2ccccc12)S(C)(=O)=O. The van der Waals surface area contributed by atoms with Gasteiger partial charge in [0.25, 0.3) is 0 Å². The molecule has 0 radical (unpaired) electrons. The molecule has 0 saturated heterocycles. The van der Waals surface area contributed by atoms with E-state index >= 15 is 0 Å². The van der Waals surface area contributed by atoms with E-state index in [9.17, 15) is 18.0 Å². The molecule has 7 nitrogen and oxygen atoms in total. The third-order valence-electron chi connectivity index (χ3n) is 6.53. The minimum Gasteiger partial charge on any atom is -0.354 e. The summed E-state index contributed by atoms with van der Waals surface area (Å²) in [7, 11) is -3.80. The molecule has 0 saturated carbocycles. The van der Waals surface area contributed by atoms with E-state index in [4.69, 9.17) is 0 Å². The first-order valence-electron chi connectivity index (χ1n) is 12.7. The molecule has 1 atom stereocenters. The fourth-order valence-corrected chi connectivity index (χ4v) is 5.28. The average molecular weight is 524 g/mol. The zero-order chi connectivity index (χ0) is 27.0. The maximum Gasteiger partial charge on any atom is 0.244 e. The normalized spacial score (nSPS) is 12.2. The lowest BCUT2D eigenvalue weighted by molar-refractivity contribution is -0.140. The Balaban J connectivity index is 2.00. The van der Waals surface area contributed by atoms with Gasteiger partial charge in [0.05, 0.1) is 11.9 Å². The fraction of sp³-hybridized carbons (Fsp3) is 0.379. The molecule has 3 aromatic carbocycles. The number of nitrogens with zero attached hydrogens (tertiary/aromatic N) is 2. The van der Waals surface area contributed by atoms with E-state index in [-0.39, 0.29) is 12.5 Å². The highest BCUT2D eigenvalue weighted by Gasteiger charge is 2.32. The van der Waals surface area contributed by atoms with E-state index in [0.29, 0.717) is 18.7 Å². The molecule has 0 heterocycles. The lowest BCUT2D eigenvalue weighted by Crippen LogP contribution is -2.52. The first-order chi connectivity index (χ1) is 17.7. The van der Waals surface area contributed by atoms with Crippen molar-refractivity contribution in [1.82, 2.24) is 10.2 Å². The number of unbranched alkanes of at least 4 members (excludes halogenated alkanes) is 1.